The van der Waals surface area contributed by atoms with E-state index in [0.29, 0.717) is 22.8 Å². The third-order valence-corrected chi connectivity index (χ3v) is 3.73. The van der Waals surface area contributed by atoms with Gasteiger partial charge in [-0.05, 0) is 59.0 Å². The second kappa shape index (κ2) is 9.11. The van der Waals surface area contributed by atoms with Gasteiger partial charge in [0, 0.05) is 9.13 Å². The van der Waals surface area contributed by atoms with E-state index in [9.17, 15) is 4.79 Å². The number of carbonyl (C=O) groups is 1. The molecule has 1 amide bonds. The van der Waals surface area contributed by atoms with Crippen molar-refractivity contribution in [3.63, 3.8) is 0 Å². The van der Waals surface area contributed by atoms with E-state index >= 15 is 0 Å². The predicted octanol–water partition coefficient (Wildman–Crippen LogP) is 2.84. The van der Waals surface area contributed by atoms with Crippen LogP contribution in [-0.4, -0.2) is 32.9 Å². The Morgan fingerprint density at radius 2 is 1.92 bits per heavy atom. The number of hydrogen-bond donors (Lipinski definition) is 1. The monoisotopic (exact) mass is 440 g/mol. The highest BCUT2D eigenvalue weighted by Crippen LogP contribution is 2.29. The average Bonchev–Trinajstić information content (AvgIpc) is 2.61. The van der Waals surface area contributed by atoms with E-state index in [1.807, 2.05) is 18.2 Å². The number of halogens is 1. The van der Waals surface area contributed by atoms with Crippen LogP contribution in [0, 0.1) is 3.57 Å². The molecule has 0 aliphatic rings. The van der Waals surface area contributed by atoms with Crippen LogP contribution in [-0.2, 0) is 4.79 Å². The SMILES string of the molecule is COc1cccc(/C=N/NC(=O)COc2ccc(I)cc2)c1OC. The third-order valence-electron chi connectivity index (χ3n) is 3.01. The van der Waals surface area contributed by atoms with Gasteiger partial charge in [-0.1, -0.05) is 6.07 Å². The molecule has 2 rings (SSSR count). The minimum Gasteiger partial charge on any atom is -0.493 e. The number of para-hydroxylation sites is 1. The molecule has 0 bridgehead atoms. The molecule has 0 heterocycles. The zero-order valence-corrected chi connectivity index (χ0v) is 15.4. The number of hydrazone groups is 1. The molecule has 7 heteroatoms. The molecule has 2 aromatic carbocycles. The molecule has 0 unspecified atom stereocenters. The first-order chi connectivity index (χ1) is 11.6. The second-order valence-electron chi connectivity index (χ2n) is 4.62. The normalized spacial score (nSPS) is 10.5. The van der Waals surface area contributed by atoms with Gasteiger partial charge < -0.3 is 14.2 Å². The molecule has 6 nitrogen and oxygen atoms in total. The molecule has 0 radical (unpaired) electrons. The molecule has 0 saturated carbocycles. The van der Waals surface area contributed by atoms with Gasteiger partial charge in [-0.25, -0.2) is 5.43 Å². The lowest BCUT2D eigenvalue weighted by Gasteiger charge is -2.09. The van der Waals surface area contributed by atoms with Gasteiger partial charge in [0.2, 0.25) is 0 Å². The minimum atomic E-state index is -0.355. The van der Waals surface area contributed by atoms with E-state index in [-0.39, 0.29) is 12.5 Å². The molecule has 0 spiro atoms. The van der Waals surface area contributed by atoms with Crippen LogP contribution in [0.2, 0.25) is 0 Å². The second-order valence-corrected chi connectivity index (χ2v) is 5.86. The molecule has 0 aromatic heterocycles. The average molecular weight is 440 g/mol. The van der Waals surface area contributed by atoms with Crippen molar-refractivity contribution in [2.24, 2.45) is 5.10 Å². The van der Waals surface area contributed by atoms with E-state index in [0.717, 1.165) is 3.57 Å². The molecule has 0 atom stereocenters. The summed E-state index contributed by atoms with van der Waals surface area (Å²) in [5, 5.41) is 3.91. The lowest BCUT2D eigenvalue weighted by molar-refractivity contribution is -0.123. The fraction of sp³-hybridized carbons (Fsp3) is 0.176. The van der Waals surface area contributed by atoms with Crippen LogP contribution in [0.4, 0.5) is 0 Å². The van der Waals surface area contributed by atoms with Gasteiger partial charge >= 0.3 is 0 Å². The van der Waals surface area contributed by atoms with Crippen LogP contribution in [0.3, 0.4) is 0 Å². The Kier molecular flexibility index (Phi) is 6.86. The smallest absolute Gasteiger partial charge is 0.277 e. The van der Waals surface area contributed by atoms with Crippen molar-refractivity contribution in [2.45, 2.75) is 0 Å². The van der Waals surface area contributed by atoms with E-state index < -0.39 is 0 Å². The Bertz CT molecular complexity index is 717. The van der Waals surface area contributed by atoms with Crippen LogP contribution in [0.1, 0.15) is 5.56 Å². The number of ether oxygens (including phenoxy) is 3. The molecule has 2 aromatic rings. The molecule has 0 saturated heterocycles. The Labute approximate surface area is 153 Å². The van der Waals surface area contributed by atoms with Crippen molar-refractivity contribution in [1.82, 2.24) is 5.43 Å². The molecule has 0 aliphatic carbocycles. The first-order valence-electron chi connectivity index (χ1n) is 7.05. The molecule has 0 fully saturated rings. The summed E-state index contributed by atoms with van der Waals surface area (Å²) in [5.41, 5.74) is 3.10. The number of hydrogen-bond acceptors (Lipinski definition) is 5. The Hall–Kier alpha value is -2.29. The largest absolute Gasteiger partial charge is 0.493 e. The summed E-state index contributed by atoms with van der Waals surface area (Å²) in [7, 11) is 3.10. The summed E-state index contributed by atoms with van der Waals surface area (Å²) in [5.74, 6) is 1.42. The molecular weight excluding hydrogens is 423 g/mol. The first-order valence-corrected chi connectivity index (χ1v) is 8.13. The quantitative estimate of drug-likeness (QED) is 0.409. The maximum Gasteiger partial charge on any atom is 0.277 e. The van der Waals surface area contributed by atoms with Gasteiger partial charge in [0.1, 0.15) is 5.75 Å². The summed E-state index contributed by atoms with van der Waals surface area (Å²) in [6.45, 7) is -0.118. The van der Waals surface area contributed by atoms with E-state index in [1.54, 1.807) is 38.5 Å². The number of methoxy groups -OCH3 is 2. The highest BCUT2D eigenvalue weighted by molar-refractivity contribution is 14.1. The lowest BCUT2D eigenvalue weighted by atomic mass is 10.2. The van der Waals surface area contributed by atoms with E-state index in [1.165, 1.54) is 6.21 Å². The summed E-state index contributed by atoms with van der Waals surface area (Å²) < 4.78 is 17.0. The van der Waals surface area contributed by atoms with Crippen molar-refractivity contribution >= 4 is 34.7 Å². The van der Waals surface area contributed by atoms with Crippen LogP contribution in [0.5, 0.6) is 17.2 Å². The number of benzene rings is 2. The third kappa shape index (κ3) is 5.12. The first kappa shape index (κ1) is 18.1. The van der Waals surface area contributed by atoms with Crippen LogP contribution >= 0.6 is 22.6 Å². The maximum atomic E-state index is 11.7. The summed E-state index contributed by atoms with van der Waals surface area (Å²) in [6, 6.07) is 12.8. The van der Waals surface area contributed by atoms with E-state index in [2.05, 4.69) is 33.1 Å². The summed E-state index contributed by atoms with van der Waals surface area (Å²) >= 11 is 2.20. The number of amides is 1. The molecule has 1 N–H and O–H groups in total. The van der Waals surface area contributed by atoms with Crippen LogP contribution in [0.15, 0.2) is 47.6 Å². The van der Waals surface area contributed by atoms with Gasteiger partial charge in [0.05, 0.1) is 20.4 Å². The van der Waals surface area contributed by atoms with Crippen molar-refractivity contribution < 1.29 is 19.0 Å². The predicted molar refractivity (Wildman–Crippen MR) is 99.9 cm³/mol. The van der Waals surface area contributed by atoms with Gasteiger partial charge in [0.25, 0.3) is 5.91 Å². The number of nitrogens with zero attached hydrogens (tertiary/aromatic N) is 1. The fourth-order valence-electron chi connectivity index (χ4n) is 1.90. The zero-order chi connectivity index (χ0) is 17.4. The Morgan fingerprint density at radius 3 is 2.58 bits per heavy atom. The van der Waals surface area contributed by atoms with Gasteiger partial charge in [-0.3, -0.25) is 4.79 Å². The Morgan fingerprint density at radius 1 is 1.17 bits per heavy atom. The topological polar surface area (TPSA) is 69.2 Å². The van der Waals surface area contributed by atoms with Crippen LogP contribution in [0.25, 0.3) is 0 Å². The van der Waals surface area contributed by atoms with Gasteiger partial charge in [-0.2, -0.15) is 5.10 Å². The van der Waals surface area contributed by atoms with Crippen molar-refractivity contribution in [3.05, 3.63) is 51.6 Å². The number of carbonyl (C=O) groups excluding carboxylic acids is 1. The van der Waals surface area contributed by atoms with Gasteiger partial charge in [-0.15, -0.1) is 0 Å². The minimum absolute atomic E-state index is 0.118. The maximum absolute atomic E-state index is 11.7. The van der Waals surface area contributed by atoms with Gasteiger partial charge in [0.15, 0.2) is 18.1 Å². The van der Waals surface area contributed by atoms with Crippen molar-refractivity contribution in [3.8, 4) is 17.2 Å². The molecular formula is C17H17IN2O4. The summed E-state index contributed by atoms with van der Waals surface area (Å²) in [4.78, 5) is 11.7. The van der Waals surface area contributed by atoms with E-state index in [4.69, 9.17) is 14.2 Å². The number of rotatable bonds is 7. The molecule has 0 aliphatic heterocycles. The summed E-state index contributed by atoms with van der Waals surface area (Å²) in [6.07, 6.45) is 1.49. The van der Waals surface area contributed by atoms with Crippen molar-refractivity contribution in [1.29, 1.82) is 0 Å². The highest BCUT2D eigenvalue weighted by atomic mass is 127. The van der Waals surface area contributed by atoms with Crippen LogP contribution < -0.4 is 19.6 Å². The highest BCUT2D eigenvalue weighted by Gasteiger charge is 2.07. The Balaban J connectivity index is 1.89. The van der Waals surface area contributed by atoms with Crippen molar-refractivity contribution in [2.75, 3.05) is 20.8 Å². The number of nitrogens with one attached hydrogen (secondary N) is 1. The standard InChI is InChI=1S/C17H17IN2O4/c1-22-15-5-3-4-12(17(15)23-2)10-19-20-16(21)11-24-14-8-6-13(18)7-9-14/h3-10H,11H2,1-2H3,(H,20,21)/b19-10+. The fourth-order valence-corrected chi connectivity index (χ4v) is 2.26. The zero-order valence-electron chi connectivity index (χ0n) is 13.3. The molecule has 126 valence electrons. The molecule has 24 heavy (non-hydrogen) atoms. The lowest BCUT2D eigenvalue weighted by Crippen LogP contribution is -2.24.